The molecule has 2 rings (SSSR count). The highest BCUT2D eigenvalue weighted by molar-refractivity contribution is 6.01. The van der Waals surface area contributed by atoms with Gasteiger partial charge in [-0.1, -0.05) is 25.1 Å². The number of carbonyl (C=O) groups excluding carboxylic acids is 3. The van der Waals surface area contributed by atoms with E-state index in [9.17, 15) is 14.4 Å². The second kappa shape index (κ2) is 10.7. The summed E-state index contributed by atoms with van der Waals surface area (Å²) in [5.41, 5.74) is 2.19. The molecule has 2 aromatic rings. The Hall–Kier alpha value is -3.22. The summed E-state index contributed by atoms with van der Waals surface area (Å²) in [5, 5.41) is 5.65. The van der Waals surface area contributed by atoms with Crippen molar-refractivity contribution in [2.45, 2.75) is 59.4 Å². The zero-order valence-corrected chi connectivity index (χ0v) is 19.0. The summed E-state index contributed by atoms with van der Waals surface area (Å²) in [6.45, 7) is 9.61. The van der Waals surface area contributed by atoms with Crippen molar-refractivity contribution in [3.63, 3.8) is 0 Å². The lowest BCUT2D eigenvalue weighted by molar-refractivity contribution is -0.125. The van der Waals surface area contributed by atoms with Crippen molar-refractivity contribution in [2.24, 2.45) is 0 Å². The number of carbonyl (C=O) groups is 3. The molecule has 0 fully saturated rings. The van der Waals surface area contributed by atoms with E-state index in [4.69, 9.17) is 0 Å². The Labute approximate surface area is 184 Å². The van der Waals surface area contributed by atoms with Gasteiger partial charge in [0.15, 0.2) is 0 Å². The van der Waals surface area contributed by atoms with Crippen LogP contribution in [0, 0.1) is 13.8 Å². The third kappa shape index (κ3) is 7.51. The predicted octanol–water partition coefficient (Wildman–Crippen LogP) is 3.76. The fourth-order valence-electron chi connectivity index (χ4n) is 2.96. The minimum Gasteiger partial charge on any atom is -0.350 e. The van der Waals surface area contributed by atoms with E-state index in [1.165, 1.54) is 4.90 Å². The second-order valence-corrected chi connectivity index (χ2v) is 8.32. The number of hydrogen-bond donors (Lipinski definition) is 2. The van der Waals surface area contributed by atoms with Crippen LogP contribution < -0.4 is 15.5 Å². The van der Waals surface area contributed by atoms with Gasteiger partial charge in [0.25, 0.3) is 0 Å². The topological polar surface area (TPSA) is 91.4 Å². The van der Waals surface area contributed by atoms with Gasteiger partial charge in [-0.15, -0.1) is 0 Å². The Kier molecular flexibility index (Phi) is 8.30. The number of nitrogens with zero attached hydrogens (tertiary/aromatic N) is 2. The van der Waals surface area contributed by atoms with E-state index >= 15 is 0 Å². The number of anilines is 2. The van der Waals surface area contributed by atoms with Gasteiger partial charge in [-0.3, -0.25) is 14.4 Å². The fourth-order valence-corrected chi connectivity index (χ4v) is 2.96. The number of aromatic nitrogens is 1. The number of rotatable bonds is 9. The number of benzene rings is 1. The van der Waals surface area contributed by atoms with Gasteiger partial charge in [-0.05, 0) is 63.4 Å². The second-order valence-electron chi connectivity index (χ2n) is 8.32. The van der Waals surface area contributed by atoms with Crippen LogP contribution in [0.4, 0.5) is 11.5 Å². The SMILES string of the molecule is CCC(C)(C)NC(=O)CN(C(=O)CCC(=O)Nc1ccccn1)c1cc(C)ccc1C. The first-order valence-corrected chi connectivity index (χ1v) is 10.5. The molecule has 0 bridgehead atoms. The molecule has 0 radical (unpaired) electrons. The van der Waals surface area contributed by atoms with Crippen LogP contribution in [0.25, 0.3) is 0 Å². The Morgan fingerprint density at radius 2 is 1.77 bits per heavy atom. The fraction of sp³-hybridized carbons (Fsp3) is 0.417. The standard InChI is InChI=1S/C24H32N4O3/c1-6-24(4,5)27-22(30)16-28(19-15-17(2)10-11-18(19)3)23(31)13-12-21(29)26-20-9-7-8-14-25-20/h7-11,14-15H,6,12-13,16H2,1-5H3,(H,27,30)(H,25,26,29). The number of nitrogens with one attached hydrogen (secondary N) is 2. The van der Waals surface area contributed by atoms with Crippen LogP contribution in [0.5, 0.6) is 0 Å². The average molecular weight is 425 g/mol. The molecule has 3 amide bonds. The van der Waals surface area contributed by atoms with Crippen molar-refractivity contribution in [1.82, 2.24) is 10.3 Å². The molecular formula is C24H32N4O3. The molecule has 0 saturated heterocycles. The van der Waals surface area contributed by atoms with Crippen LogP contribution in [0.2, 0.25) is 0 Å². The summed E-state index contributed by atoms with van der Waals surface area (Å²) in [4.78, 5) is 43.5. The summed E-state index contributed by atoms with van der Waals surface area (Å²) >= 11 is 0. The molecule has 166 valence electrons. The first-order valence-electron chi connectivity index (χ1n) is 10.5. The Balaban J connectivity index is 2.13. The van der Waals surface area contributed by atoms with Crippen molar-refractivity contribution < 1.29 is 14.4 Å². The zero-order valence-electron chi connectivity index (χ0n) is 19.0. The van der Waals surface area contributed by atoms with Gasteiger partial charge in [-0.2, -0.15) is 0 Å². The lowest BCUT2D eigenvalue weighted by atomic mass is 10.0. The molecule has 0 aliphatic rings. The number of amides is 3. The van der Waals surface area contributed by atoms with E-state index in [0.717, 1.165) is 17.5 Å². The third-order valence-electron chi connectivity index (χ3n) is 5.12. The molecular weight excluding hydrogens is 392 g/mol. The van der Waals surface area contributed by atoms with Gasteiger partial charge in [0.1, 0.15) is 12.4 Å². The molecule has 0 aliphatic heterocycles. The van der Waals surface area contributed by atoms with Gasteiger partial charge in [-0.25, -0.2) is 4.98 Å². The summed E-state index contributed by atoms with van der Waals surface area (Å²) < 4.78 is 0. The average Bonchev–Trinajstić information content (AvgIpc) is 2.72. The van der Waals surface area contributed by atoms with Gasteiger partial charge in [0.2, 0.25) is 17.7 Å². The molecule has 0 spiro atoms. The lowest BCUT2D eigenvalue weighted by Gasteiger charge is -2.29. The van der Waals surface area contributed by atoms with Gasteiger partial charge in [0, 0.05) is 30.3 Å². The monoisotopic (exact) mass is 424 g/mol. The maximum Gasteiger partial charge on any atom is 0.240 e. The lowest BCUT2D eigenvalue weighted by Crippen LogP contribution is -2.48. The smallest absolute Gasteiger partial charge is 0.240 e. The highest BCUT2D eigenvalue weighted by Gasteiger charge is 2.24. The molecule has 0 saturated carbocycles. The van der Waals surface area contributed by atoms with Crippen molar-refractivity contribution >= 4 is 29.2 Å². The number of aryl methyl sites for hydroxylation is 2. The molecule has 0 aliphatic carbocycles. The van der Waals surface area contributed by atoms with E-state index in [-0.39, 0.29) is 42.6 Å². The first kappa shape index (κ1) is 24.1. The number of pyridine rings is 1. The van der Waals surface area contributed by atoms with Crippen molar-refractivity contribution in [3.05, 3.63) is 53.7 Å². The Bertz CT molecular complexity index is 926. The van der Waals surface area contributed by atoms with E-state index in [1.54, 1.807) is 24.4 Å². The molecule has 0 unspecified atom stereocenters. The minimum absolute atomic E-state index is 0.00115. The van der Waals surface area contributed by atoms with Gasteiger partial charge in [0.05, 0.1) is 0 Å². The highest BCUT2D eigenvalue weighted by Crippen LogP contribution is 2.23. The summed E-state index contributed by atoms with van der Waals surface area (Å²) in [5.74, 6) is -0.384. The Morgan fingerprint density at radius 3 is 2.42 bits per heavy atom. The van der Waals surface area contributed by atoms with E-state index in [0.29, 0.717) is 11.5 Å². The summed E-state index contributed by atoms with van der Waals surface area (Å²) in [6, 6.07) is 11.0. The van der Waals surface area contributed by atoms with Crippen LogP contribution in [0.1, 0.15) is 51.2 Å². The minimum atomic E-state index is -0.365. The van der Waals surface area contributed by atoms with E-state index < -0.39 is 0 Å². The molecule has 7 heteroatoms. The molecule has 2 N–H and O–H groups in total. The summed E-state index contributed by atoms with van der Waals surface area (Å²) in [6.07, 6.45) is 2.33. The maximum absolute atomic E-state index is 13.1. The van der Waals surface area contributed by atoms with E-state index in [2.05, 4.69) is 15.6 Å². The maximum atomic E-state index is 13.1. The molecule has 1 heterocycles. The molecule has 0 atom stereocenters. The zero-order chi connectivity index (χ0) is 23.0. The van der Waals surface area contributed by atoms with Crippen LogP contribution in [-0.2, 0) is 14.4 Å². The van der Waals surface area contributed by atoms with Crippen LogP contribution in [0.3, 0.4) is 0 Å². The van der Waals surface area contributed by atoms with Crippen molar-refractivity contribution in [2.75, 3.05) is 16.8 Å². The van der Waals surface area contributed by atoms with Crippen LogP contribution in [0.15, 0.2) is 42.6 Å². The normalized spacial score (nSPS) is 11.0. The summed E-state index contributed by atoms with van der Waals surface area (Å²) in [7, 11) is 0. The first-order chi connectivity index (χ1) is 14.6. The van der Waals surface area contributed by atoms with Gasteiger partial charge < -0.3 is 15.5 Å². The van der Waals surface area contributed by atoms with Crippen molar-refractivity contribution in [1.29, 1.82) is 0 Å². The Morgan fingerprint density at radius 1 is 1.03 bits per heavy atom. The molecule has 7 nitrogen and oxygen atoms in total. The van der Waals surface area contributed by atoms with Gasteiger partial charge >= 0.3 is 0 Å². The van der Waals surface area contributed by atoms with Crippen LogP contribution in [-0.4, -0.2) is 34.8 Å². The molecule has 1 aromatic carbocycles. The third-order valence-corrected chi connectivity index (χ3v) is 5.12. The predicted molar refractivity (Wildman–Crippen MR) is 123 cm³/mol. The number of hydrogen-bond acceptors (Lipinski definition) is 4. The molecule has 1 aromatic heterocycles. The quantitative estimate of drug-likeness (QED) is 0.641. The highest BCUT2D eigenvalue weighted by atomic mass is 16.2. The van der Waals surface area contributed by atoms with Crippen molar-refractivity contribution in [3.8, 4) is 0 Å². The molecule has 31 heavy (non-hydrogen) atoms. The van der Waals surface area contributed by atoms with E-state index in [1.807, 2.05) is 52.8 Å². The largest absolute Gasteiger partial charge is 0.350 e. The van der Waals surface area contributed by atoms with Crippen LogP contribution >= 0.6 is 0 Å².